The highest BCUT2D eigenvalue weighted by Gasteiger charge is 2.13. The molecule has 1 saturated heterocycles. The molecule has 2 N–H and O–H groups in total. The van der Waals surface area contributed by atoms with E-state index in [-0.39, 0.29) is 16.5 Å². The molecule has 1 aromatic carbocycles. The van der Waals surface area contributed by atoms with Gasteiger partial charge < -0.3 is 15.4 Å². The predicted molar refractivity (Wildman–Crippen MR) is 80.2 cm³/mol. The number of carbonyl (C=O) groups excluding carboxylic acids is 1. The zero-order valence-corrected chi connectivity index (χ0v) is 12.6. The van der Waals surface area contributed by atoms with Crippen LogP contribution in [0.5, 0.6) is 0 Å². The van der Waals surface area contributed by atoms with Crippen LogP contribution in [-0.4, -0.2) is 38.3 Å². The van der Waals surface area contributed by atoms with E-state index in [2.05, 4.69) is 10.6 Å². The highest BCUT2D eigenvalue weighted by atomic mass is 35.5. The van der Waals surface area contributed by atoms with E-state index in [4.69, 9.17) is 16.3 Å². The van der Waals surface area contributed by atoms with E-state index in [0.29, 0.717) is 19.3 Å². The molecule has 1 heterocycles. The summed E-state index contributed by atoms with van der Waals surface area (Å²) in [7, 11) is 0. The van der Waals surface area contributed by atoms with Crippen molar-refractivity contribution in [1.29, 1.82) is 0 Å². The van der Waals surface area contributed by atoms with Crippen molar-refractivity contribution in [2.45, 2.75) is 25.4 Å². The molecule has 0 saturated carbocycles. The molecule has 0 atom stereocenters. The molecule has 1 aliphatic heterocycles. The molecule has 1 fully saturated rings. The first-order valence-electron chi connectivity index (χ1n) is 7.22. The van der Waals surface area contributed by atoms with Gasteiger partial charge in [0.1, 0.15) is 5.82 Å². The zero-order valence-electron chi connectivity index (χ0n) is 11.8. The van der Waals surface area contributed by atoms with Crippen LogP contribution >= 0.6 is 11.6 Å². The van der Waals surface area contributed by atoms with Gasteiger partial charge in [0.2, 0.25) is 0 Å². The van der Waals surface area contributed by atoms with Crippen molar-refractivity contribution in [1.82, 2.24) is 10.6 Å². The lowest BCUT2D eigenvalue weighted by Gasteiger charge is -2.22. The minimum absolute atomic E-state index is 0.124. The molecule has 0 aliphatic carbocycles. The SMILES string of the molecule is O=C(NCCCOC1CCNCC1)c1ccc(F)cc1Cl. The molecule has 2 rings (SSSR count). The van der Waals surface area contributed by atoms with Crippen LogP contribution < -0.4 is 10.6 Å². The minimum atomic E-state index is -0.452. The Morgan fingerprint density at radius 1 is 1.43 bits per heavy atom. The van der Waals surface area contributed by atoms with Crippen molar-refractivity contribution in [3.8, 4) is 0 Å². The molecular weight excluding hydrogens is 295 g/mol. The Morgan fingerprint density at radius 3 is 2.90 bits per heavy atom. The first-order chi connectivity index (χ1) is 10.2. The molecule has 0 radical (unpaired) electrons. The Bertz CT molecular complexity index is 479. The average molecular weight is 315 g/mol. The molecule has 0 unspecified atom stereocenters. The predicted octanol–water partition coefficient (Wildman–Crippen LogP) is 2.37. The van der Waals surface area contributed by atoms with Crippen LogP contribution in [0.4, 0.5) is 4.39 Å². The summed E-state index contributed by atoms with van der Waals surface area (Å²) in [5.74, 6) is -0.742. The Morgan fingerprint density at radius 2 is 2.19 bits per heavy atom. The van der Waals surface area contributed by atoms with E-state index in [9.17, 15) is 9.18 Å². The number of amides is 1. The first-order valence-corrected chi connectivity index (χ1v) is 7.60. The number of carbonyl (C=O) groups is 1. The third-order valence-electron chi connectivity index (χ3n) is 3.42. The van der Waals surface area contributed by atoms with Gasteiger partial charge in [-0.2, -0.15) is 0 Å². The summed E-state index contributed by atoms with van der Waals surface area (Å²) in [4.78, 5) is 11.9. The summed E-state index contributed by atoms with van der Waals surface area (Å²) < 4.78 is 18.6. The molecule has 0 spiro atoms. The van der Waals surface area contributed by atoms with Crippen LogP contribution in [0.1, 0.15) is 29.6 Å². The molecule has 4 nitrogen and oxygen atoms in total. The van der Waals surface area contributed by atoms with Crippen LogP contribution in [-0.2, 0) is 4.74 Å². The summed E-state index contributed by atoms with van der Waals surface area (Å²) in [5, 5.41) is 6.16. The number of rotatable bonds is 6. The normalized spacial score (nSPS) is 15.9. The van der Waals surface area contributed by atoms with Gasteiger partial charge in [-0.1, -0.05) is 11.6 Å². The molecule has 21 heavy (non-hydrogen) atoms. The Kier molecular flexibility index (Phi) is 6.42. The average Bonchev–Trinajstić information content (AvgIpc) is 2.47. The summed E-state index contributed by atoms with van der Waals surface area (Å²) in [5.41, 5.74) is 0.289. The maximum absolute atomic E-state index is 12.9. The van der Waals surface area contributed by atoms with Crippen LogP contribution in [0.3, 0.4) is 0 Å². The van der Waals surface area contributed by atoms with E-state index in [1.54, 1.807) is 0 Å². The van der Waals surface area contributed by atoms with Gasteiger partial charge in [0.25, 0.3) is 5.91 Å². The number of benzene rings is 1. The number of hydrogen-bond donors (Lipinski definition) is 2. The number of piperidine rings is 1. The molecule has 1 aliphatic rings. The molecule has 6 heteroatoms. The van der Waals surface area contributed by atoms with E-state index in [0.717, 1.165) is 38.4 Å². The molecule has 0 bridgehead atoms. The maximum atomic E-state index is 12.9. The van der Waals surface area contributed by atoms with E-state index in [1.807, 2.05) is 0 Å². The van der Waals surface area contributed by atoms with E-state index in [1.165, 1.54) is 12.1 Å². The van der Waals surface area contributed by atoms with Gasteiger partial charge in [0.05, 0.1) is 16.7 Å². The van der Waals surface area contributed by atoms with Gasteiger partial charge in [-0.05, 0) is 50.6 Å². The van der Waals surface area contributed by atoms with Crippen molar-refractivity contribution in [3.05, 3.63) is 34.6 Å². The number of hydrogen-bond acceptors (Lipinski definition) is 3. The highest BCUT2D eigenvalue weighted by Crippen LogP contribution is 2.16. The zero-order chi connectivity index (χ0) is 15.1. The van der Waals surface area contributed by atoms with Crippen molar-refractivity contribution in [3.63, 3.8) is 0 Å². The number of nitrogens with one attached hydrogen (secondary N) is 2. The molecule has 1 aromatic rings. The number of halogens is 2. The lowest BCUT2D eigenvalue weighted by molar-refractivity contribution is 0.0318. The van der Waals surface area contributed by atoms with Crippen LogP contribution in [0.15, 0.2) is 18.2 Å². The summed E-state index contributed by atoms with van der Waals surface area (Å²) in [6.07, 6.45) is 3.15. The fourth-order valence-corrected chi connectivity index (χ4v) is 2.51. The first kappa shape index (κ1) is 16.2. The molecular formula is C15H20ClFN2O2. The van der Waals surface area contributed by atoms with Gasteiger partial charge in [-0.3, -0.25) is 4.79 Å². The summed E-state index contributed by atoms with van der Waals surface area (Å²) >= 11 is 5.83. The van der Waals surface area contributed by atoms with Crippen molar-refractivity contribution < 1.29 is 13.9 Å². The van der Waals surface area contributed by atoms with Crippen LogP contribution in [0.25, 0.3) is 0 Å². The van der Waals surface area contributed by atoms with Crippen molar-refractivity contribution in [2.24, 2.45) is 0 Å². The third kappa shape index (κ3) is 5.26. The Labute approximate surface area is 129 Å². The van der Waals surface area contributed by atoms with E-state index >= 15 is 0 Å². The molecule has 116 valence electrons. The van der Waals surface area contributed by atoms with Gasteiger partial charge in [-0.25, -0.2) is 4.39 Å². The largest absolute Gasteiger partial charge is 0.378 e. The second-order valence-electron chi connectivity index (χ2n) is 5.05. The number of ether oxygens (including phenoxy) is 1. The fourth-order valence-electron chi connectivity index (χ4n) is 2.26. The van der Waals surface area contributed by atoms with Gasteiger partial charge >= 0.3 is 0 Å². The third-order valence-corrected chi connectivity index (χ3v) is 3.73. The Balaban J connectivity index is 1.64. The van der Waals surface area contributed by atoms with Gasteiger partial charge in [-0.15, -0.1) is 0 Å². The maximum Gasteiger partial charge on any atom is 0.252 e. The topological polar surface area (TPSA) is 50.4 Å². The summed E-state index contributed by atoms with van der Waals surface area (Å²) in [6, 6.07) is 3.75. The fraction of sp³-hybridized carbons (Fsp3) is 0.533. The van der Waals surface area contributed by atoms with Crippen molar-refractivity contribution in [2.75, 3.05) is 26.2 Å². The lowest BCUT2D eigenvalue weighted by Crippen LogP contribution is -2.33. The smallest absolute Gasteiger partial charge is 0.252 e. The summed E-state index contributed by atoms with van der Waals surface area (Å²) in [6.45, 7) is 3.15. The van der Waals surface area contributed by atoms with Crippen LogP contribution in [0.2, 0.25) is 5.02 Å². The van der Waals surface area contributed by atoms with E-state index < -0.39 is 5.82 Å². The monoisotopic (exact) mass is 314 g/mol. The van der Waals surface area contributed by atoms with Crippen LogP contribution in [0, 0.1) is 5.82 Å². The van der Waals surface area contributed by atoms with Gasteiger partial charge in [0.15, 0.2) is 0 Å². The minimum Gasteiger partial charge on any atom is -0.378 e. The molecule has 0 aromatic heterocycles. The quantitative estimate of drug-likeness (QED) is 0.793. The highest BCUT2D eigenvalue weighted by molar-refractivity contribution is 6.33. The van der Waals surface area contributed by atoms with Crippen molar-refractivity contribution >= 4 is 17.5 Å². The second-order valence-corrected chi connectivity index (χ2v) is 5.46. The second kappa shape index (κ2) is 8.32. The Hall–Kier alpha value is -1.17. The standard InChI is InChI=1S/C15H20ClFN2O2/c16-14-10-11(17)2-3-13(14)15(20)19-6-1-9-21-12-4-7-18-8-5-12/h2-3,10,12,18H,1,4-9H2,(H,19,20). The lowest BCUT2D eigenvalue weighted by atomic mass is 10.1. The molecule has 1 amide bonds. The van der Waals surface area contributed by atoms with Gasteiger partial charge in [0, 0.05) is 13.2 Å².